The molecule has 1 N–H and O–H groups in total. The molecule has 3 aromatic rings. The number of fused-ring (bicyclic) bond motifs is 1. The molecule has 2 nitrogen and oxygen atoms in total. The van der Waals surface area contributed by atoms with Gasteiger partial charge in [-0.05, 0) is 30.5 Å². The van der Waals surface area contributed by atoms with Crippen LogP contribution in [0.5, 0.6) is 0 Å². The number of nitrogens with one attached hydrogen (secondary N) is 1. The first kappa shape index (κ1) is 14.2. The average Bonchev–Trinajstić information content (AvgIpc) is 2.97. The van der Waals surface area contributed by atoms with E-state index in [1.165, 1.54) is 6.07 Å². The van der Waals surface area contributed by atoms with Gasteiger partial charge < -0.3 is 5.32 Å². The van der Waals surface area contributed by atoms with E-state index in [1.54, 1.807) is 11.3 Å². The second kappa shape index (κ2) is 6.33. The lowest BCUT2D eigenvalue weighted by atomic mass is 10.0. The number of aromatic nitrogens is 1. The molecule has 2 aromatic carbocycles. The normalized spacial score (nSPS) is 11.1. The molecule has 0 saturated heterocycles. The highest BCUT2D eigenvalue weighted by Crippen LogP contribution is 2.32. The Hall–Kier alpha value is -1.78. The lowest BCUT2D eigenvalue weighted by Gasteiger charge is -2.04. The minimum Gasteiger partial charge on any atom is -0.311 e. The van der Waals surface area contributed by atoms with E-state index in [0.717, 1.165) is 41.2 Å². The van der Waals surface area contributed by atoms with Crippen molar-refractivity contribution in [1.29, 1.82) is 0 Å². The monoisotopic (exact) mass is 300 g/mol. The van der Waals surface area contributed by atoms with Crippen LogP contribution in [0.3, 0.4) is 0 Å². The van der Waals surface area contributed by atoms with Crippen molar-refractivity contribution in [3.63, 3.8) is 0 Å². The van der Waals surface area contributed by atoms with Gasteiger partial charge in [-0.2, -0.15) is 0 Å². The van der Waals surface area contributed by atoms with Crippen molar-refractivity contribution < 1.29 is 4.39 Å². The topological polar surface area (TPSA) is 24.9 Å². The minimum atomic E-state index is -0.184. The van der Waals surface area contributed by atoms with E-state index in [9.17, 15) is 4.39 Å². The fraction of sp³-hybridized carbons (Fsp3) is 0.235. The maximum Gasteiger partial charge on any atom is 0.131 e. The highest BCUT2D eigenvalue weighted by molar-refractivity contribution is 7.13. The van der Waals surface area contributed by atoms with Gasteiger partial charge in [0.25, 0.3) is 0 Å². The average molecular weight is 300 g/mol. The zero-order valence-electron chi connectivity index (χ0n) is 11.9. The van der Waals surface area contributed by atoms with E-state index in [4.69, 9.17) is 0 Å². The number of halogens is 1. The largest absolute Gasteiger partial charge is 0.311 e. The summed E-state index contributed by atoms with van der Waals surface area (Å²) < 4.78 is 13.9. The smallest absolute Gasteiger partial charge is 0.131 e. The van der Waals surface area contributed by atoms with Crippen LogP contribution in [0, 0.1) is 5.82 Å². The van der Waals surface area contributed by atoms with Gasteiger partial charge in [-0.1, -0.05) is 31.2 Å². The first-order chi connectivity index (χ1) is 10.3. The third-order valence-corrected chi connectivity index (χ3v) is 4.31. The van der Waals surface area contributed by atoms with Gasteiger partial charge in [0.2, 0.25) is 0 Å². The van der Waals surface area contributed by atoms with Crippen LogP contribution in [0.2, 0.25) is 0 Å². The predicted octanol–water partition coefficient (Wildman–Crippen LogP) is 4.60. The molecule has 0 bridgehead atoms. The molecule has 1 aromatic heterocycles. The summed E-state index contributed by atoms with van der Waals surface area (Å²) in [4.78, 5) is 4.67. The van der Waals surface area contributed by atoms with Gasteiger partial charge in [0.1, 0.15) is 10.8 Å². The van der Waals surface area contributed by atoms with Crippen molar-refractivity contribution in [3.8, 4) is 10.6 Å². The molecule has 3 rings (SSSR count). The van der Waals surface area contributed by atoms with Crippen LogP contribution in [-0.2, 0) is 6.54 Å². The lowest BCUT2D eigenvalue weighted by Crippen LogP contribution is -2.13. The highest BCUT2D eigenvalue weighted by Gasteiger charge is 2.10. The second-order valence-corrected chi connectivity index (χ2v) is 5.82. The molecule has 4 heteroatoms. The summed E-state index contributed by atoms with van der Waals surface area (Å²) in [5.41, 5.74) is 2.04. The Morgan fingerprint density at radius 1 is 1.14 bits per heavy atom. The maximum absolute atomic E-state index is 13.9. The lowest BCUT2D eigenvalue weighted by molar-refractivity contribution is 0.640. The maximum atomic E-state index is 13.9. The summed E-state index contributed by atoms with van der Waals surface area (Å²) in [5.74, 6) is -0.184. The van der Waals surface area contributed by atoms with Crippen LogP contribution >= 0.6 is 11.3 Å². The van der Waals surface area contributed by atoms with E-state index < -0.39 is 0 Å². The molecular formula is C17H17FN2S. The molecule has 0 unspecified atom stereocenters. The molecule has 0 aliphatic rings. The first-order valence-electron chi connectivity index (χ1n) is 7.12. The van der Waals surface area contributed by atoms with Crippen molar-refractivity contribution in [3.05, 3.63) is 53.3 Å². The van der Waals surface area contributed by atoms with Gasteiger partial charge >= 0.3 is 0 Å². The third-order valence-electron chi connectivity index (χ3n) is 3.39. The van der Waals surface area contributed by atoms with Crippen molar-refractivity contribution in [2.75, 3.05) is 6.54 Å². The number of hydrogen-bond acceptors (Lipinski definition) is 3. The molecule has 0 aliphatic carbocycles. The first-order valence-corrected chi connectivity index (χ1v) is 8.00. The van der Waals surface area contributed by atoms with E-state index in [2.05, 4.69) is 22.6 Å². The van der Waals surface area contributed by atoms with Crippen LogP contribution in [-0.4, -0.2) is 11.5 Å². The molecule has 21 heavy (non-hydrogen) atoms. The Kier molecular flexibility index (Phi) is 4.27. The molecule has 0 atom stereocenters. The predicted molar refractivity (Wildman–Crippen MR) is 87.0 cm³/mol. The summed E-state index contributed by atoms with van der Waals surface area (Å²) in [6.07, 6.45) is 1.11. The summed E-state index contributed by atoms with van der Waals surface area (Å²) in [6.45, 7) is 3.92. The van der Waals surface area contributed by atoms with Crippen molar-refractivity contribution in [2.45, 2.75) is 19.9 Å². The van der Waals surface area contributed by atoms with Crippen LogP contribution < -0.4 is 5.32 Å². The Labute approximate surface area is 127 Å². The Morgan fingerprint density at radius 3 is 2.76 bits per heavy atom. The van der Waals surface area contributed by atoms with Crippen molar-refractivity contribution in [2.24, 2.45) is 0 Å². The molecule has 0 fully saturated rings. The van der Waals surface area contributed by atoms with Crippen LogP contribution in [0.15, 0.2) is 41.8 Å². The van der Waals surface area contributed by atoms with Gasteiger partial charge in [0.05, 0.1) is 5.69 Å². The molecule has 0 aliphatic heterocycles. The SMILES string of the molecule is CCCNCc1csc(-c2ccc(F)c3ccccc23)n1. The van der Waals surface area contributed by atoms with Gasteiger partial charge in [-0.15, -0.1) is 11.3 Å². The van der Waals surface area contributed by atoms with Crippen molar-refractivity contribution in [1.82, 2.24) is 10.3 Å². The molecule has 0 saturated carbocycles. The van der Waals surface area contributed by atoms with E-state index >= 15 is 0 Å². The van der Waals surface area contributed by atoms with Gasteiger partial charge in [-0.25, -0.2) is 9.37 Å². The fourth-order valence-corrected chi connectivity index (χ4v) is 3.21. The molecule has 0 radical (unpaired) electrons. The standard InChI is InChI=1S/C17H17FN2S/c1-2-9-19-10-12-11-21-17(20-12)15-7-8-16(18)14-6-4-3-5-13(14)15/h3-8,11,19H,2,9-10H2,1H3. The fourth-order valence-electron chi connectivity index (χ4n) is 2.35. The molecular weight excluding hydrogens is 283 g/mol. The van der Waals surface area contributed by atoms with Crippen LogP contribution in [0.1, 0.15) is 19.0 Å². The molecule has 0 amide bonds. The van der Waals surface area contributed by atoms with Gasteiger partial charge in [0.15, 0.2) is 0 Å². The molecule has 108 valence electrons. The third kappa shape index (κ3) is 2.96. The summed E-state index contributed by atoms with van der Waals surface area (Å²) >= 11 is 1.61. The molecule has 0 spiro atoms. The summed E-state index contributed by atoms with van der Waals surface area (Å²) in [7, 11) is 0. The van der Waals surface area contributed by atoms with E-state index in [0.29, 0.717) is 5.39 Å². The van der Waals surface area contributed by atoms with E-state index in [1.807, 2.05) is 30.3 Å². The zero-order valence-corrected chi connectivity index (χ0v) is 12.7. The Bertz CT molecular complexity index is 751. The van der Waals surface area contributed by atoms with Gasteiger partial charge in [0, 0.05) is 22.9 Å². The minimum absolute atomic E-state index is 0.184. The van der Waals surface area contributed by atoms with Gasteiger partial charge in [-0.3, -0.25) is 0 Å². The number of thiazole rings is 1. The quantitative estimate of drug-likeness (QED) is 0.696. The number of rotatable bonds is 5. The summed E-state index contributed by atoms with van der Waals surface area (Å²) in [6, 6.07) is 10.9. The highest BCUT2D eigenvalue weighted by atomic mass is 32.1. The van der Waals surface area contributed by atoms with Crippen LogP contribution in [0.25, 0.3) is 21.3 Å². The summed E-state index contributed by atoms with van der Waals surface area (Å²) in [5, 5.41) is 7.92. The Balaban J connectivity index is 1.96. The van der Waals surface area contributed by atoms with E-state index in [-0.39, 0.29) is 5.82 Å². The number of nitrogens with zero attached hydrogens (tertiary/aromatic N) is 1. The molecule has 1 heterocycles. The zero-order chi connectivity index (χ0) is 14.7. The second-order valence-electron chi connectivity index (χ2n) is 4.96. The Morgan fingerprint density at radius 2 is 1.95 bits per heavy atom. The van der Waals surface area contributed by atoms with Crippen molar-refractivity contribution >= 4 is 22.1 Å². The number of hydrogen-bond donors (Lipinski definition) is 1. The van der Waals surface area contributed by atoms with Crippen LogP contribution in [0.4, 0.5) is 4.39 Å². The number of benzene rings is 2.